The van der Waals surface area contributed by atoms with Crippen LogP contribution in [0.2, 0.25) is 0 Å². The maximum absolute atomic E-state index is 14.7. The summed E-state index contributed by atoms with van der Waals surface area (Å²) >= 11 is 0. The first-order valence-corrected chi connectivity index (χ1v) is 13.7. The van der Waals surface area contributed by atoms with Crippen molar-refractivity contribution in [2.24, 2.45) is 0 Å². The van der Waals surface area contributed by atoms with E-state index in [1.54, 1.807) is 12.3 Å². The van der Waals surface area contributed by atoms with Crippen molar-refractivity contribution in [1.29, 1.82) is 0 Å². The van der Waals surface area contributed by atoms with E-state index < -0.39 is 24.1 Å². The molecule has 1 unspecified atom stereocenters. The van der Waals surface area contributed by atoms with E-state index >= 15 is 0 Å². The SMILES string of the molecule is CC(F)(F)Oc1cccc(CNC(=O)c2cn(CC(F)CCn3cc(C(=O)NCc4cc(C5CC5)ccn4)nn3)nn2)c1. The lowest BCUT2D eigenvalue weighted by Gasteiger charge is -2.13. The second-order valence-corrected chi connectivity index (χ2v) is 10.4. The molecular weight excluding hydrogens is 567 g/mol. The molecule has 1 aromatic carbocycles. The largest absolute Gasteiger partial charge is 0.433 e. The number of carbonyl (C=O) groups is 2. The Labute approximate surface area is 244 Å². The minimum Gasteiger partial charge on any atom is -0.433 e. The van der Waals surface area contributed by atoms with Gasteiger partial charge in [0.1, 0.15) is 11.9 Å². The Morgan fingerprint density at radius 1 is 1.02 bits per heavy atom. The molecule has 0 saturated heterocycles. The summed E-state index contributed by atoms with van der Waals surface area (Å²) in [5.74, 6) is -0.411. The fourth-order valence-corrected chi connectivity index (χ4v) is 4.29. The number of alkyl halides is 3. The van der Waals surface area contributed by atoms with Gasteiger partial charge in [0.2, 0.25) is 0 Å². The maximum atomic E-state index is 14.7. The highest BCUT2D eigenvalue weighted by Gasteiger charge is 2.24. The highest BCUT2D eigenvalue weighted by molar-refractivity contribution is 5.92. The molecule has 4 aromatic rings. The number of pyridine rings is 1. The molecule has 226 valence electrons. The lowest BCUT2D eigenvalue weighted by molar-refractivity contribution is -0.159. The third-order valence-corrected chi connectivity index (χ3v) is 6.57. The van der Waals surface area contributed by atoms with Gasteiger partial charge in [0.15, 0.2) is 11.4 Å². The topological polar surface area (TPSA) is 142 Å². The van der Waals surface area contributed by atoms with E-state index in [1.165, 1.54) is 58.4 Å². The van der Waals surface area contributed by atoms with Crippen LogP contribution < -0.4 is 15.4 Å². The molecule has 0 aliphatic heterocycles. The Balaban J connectivity index is 1.04. The molecule has 0 spiro atoms. The third-order valence-electron chi connectivity index (χ3n) is 6.57. The third kappa shape index (κ3) is 8.83. The van der Waals surface area contributed by atoms with Gasteiger partial charge < -0.3 is 15.4 Å². The van der Waals surface area contributed by atoms with Gasteiger partial charge in [-0.2, -0.15) is 8.78 Å². The van der Waals surface area contributed by atoms with Crippen molar-refractivity contribution in [3.8, 4) is 5.75 Å². The van der Waals surface area contributed by atoms with Crippen LogP contribution in [0.15, 0.2) is 55.0 Å². The highest BCUT2D eigenvalue weighted by atomic mass is 19.3. The molecule has 2 N–H and O–H groups in total. The van der Waals surface area contributed by atoms with Crippen LogP contribution in [-0.2, 0) is 26.2 Å². The summed E-state index contributed by atoms with van der Waals surface area (Å²) in [4.78, 5) is 29.2. The maximum Gasteiger partial charge on any atom is 0.394 e. The lowest BCUT2D eigenvalue weighted by Crippen LogP contribution is -2.23. The molecule has 1 atom stereocenters. The molecule has 12 nitrogen and oxygen atoms in total. The first kappa shape index (κ1) is 29.7. The van der Waals surface area contributed by atoms with Crippen LogP contribution in [0.4, 0.5) is 13.2 Å². The highest BCUT2D eigenvalue weighted by Crippen LogP contribution is 2.39. The van der Waals surface area contributed by atoms with Crippen LogP contribution in [0.1, 0.15) is 69.9 Å². The van der Waals surface area contributed by atoms with Gasteiger partial charge in [-0.25, -0.2) is 9.07 Å². The summed E-state index contributed by atoms with van der Waals surface area (Å²) in [6.45, 7) is 0.945. The predicted molar refractivity (Wildman–Crippen MR) is 146 cm³/mol. The second-order valence-electron chi connectivity index (χ2n) is 10.4. The van der Waals surface area contributed by atoms with Crippen LogP contribution in [0.25, 0.3) is 0 Å². The number of hydrogen-bond donors (Lipinski definition) is 2. The fourth-order valence-electron chi connectivity index (χ4n) is 4.29. The smallest absolute Gasteiger partial charge is 0.394 e. The molecule has 0 bridgehead atoms. The quantitative estimate of drug-likeness (QED) is 0.225. The van der Waals surface area contributed by atoms with Crippen molar-refractivity contribution >= 4 is 11.8 Å². The Kier molecular flexibility index (Phi) is 8.97. The normalized spacial score (nSPS) is 13.9. The van der Waals surface area contributed by atoms with Gasteiger partial charge in [-0.3, -0.25) is 19.3 Å². The molecule has 43 heavy (non-hydrogen) atoms. The Morgan fingerprint density at radius 2 is 1.72 bits per heavy atom. The van der Waals surface area contributed by atoms with Gasteiger partial charge in [0, 0.05) is 32.6 Å². The Hall–Kier alpha value is -4.82. The van der Waals surface area contributed by atoms with E-state index in [0.29, 0.717) is 18.4 Å². The molecule has 2 amide bonds. The van der Waals surface area contributed by atoms with Crippen molar-refractivity contribution in [3.05, 3.63) is 83.2 Å². The standard InChI is InChI=1S/C28H30F3N9O3/c1-28(30,31)43-23-4-2-3-18(11-23)13-33-26(41)25-17-40(38-36-25)15-21(29)8-10-39-16-24(35-37-39)27(42)34-14-22-12-20(7-9-32-22)19-5-6-19/h2-4,7,9,11-12,16-17,19,21H,5-6,8,10,13-15H2,1H3,(H,33,41)(H,34,42). The zero-order valence-electron chi connectivity index (χ0n) is 23.3. The summed E-state index contributed by atoms with van der Waals surface area (Å²) in [6.07, 6.45) is 2.24. The number of rotatable bonds is 14. The second kappa shape index (κ2) is 13.0. The van der Waals surface area contributed by atoms with Gasteiger partial charge in [0.05, 0.1) is 31.2 Å². The Bertz CT molecular complexity index is 1570. The number of ether oxygens (including phenoxy) is 1. The van der Waals surface area contributed by atoms with Crippen molar-refractivity contribution in [2.75, 3.05) is 0 Å². The molecule has 15 heteroatoms. The molecule has 5 rings (SSSR count). The van der Waals surface area contributed by atoms with E-state index in [9.17, 15) is 22.8 Å². The summed E-state index contributed by atoms with van der Waals surface area (Å²) in [5.41, 5.74) is 2.62. The van der Waals surface area contributed by atoms with Crippen molar-refractivity contribution in [1.82, 2.24) is 45.6 Å². The average Bonchev–Trinajstić information content (AvgIpc) is 3.53. The first-order valence-electron chi connectivity index (χ1n) is 13.7. The van der Waals surface area contributed by atoms with Crippen molar-refractivity contribution in [2.45, 2.75) is 70.6 Å². The lowest BCUT2D eigenvalue weighted by atomic mass is 10.1. The number of aryl methyl sites for hydroxylation is 1. The van der Waals surface area contributed by atoms with Gasteiger partial charge in [-0.05, 0) is 54.2 Å². The van der Waals surface area contributed by atoms with E-state index in [4.69, 9.17) is 0 Å². The van der Waals surface area contributed by atoms with Gasteiger partial charge in [0.25, 0.3) is 11.8 Å². The van der Waals surface area contributed by atoms with Crippen molar-refractivity contribution < 1.29 is 27.5 Å². The molecule has 1 saturated carbocycles. The molecule has 3 aromatic heterocycles. The molecule has 3 heterocycles. The van der Waals surface area contributed by atoms with Gasteiger partial charge in [-0.15, -0.1) is 10.2 Å². The number of benzene rings is 1. The number of nitrogens with one attached hydrogen (secondary N) is 2. The number of aromatic nitrogens is 7. The number of nitrogens with zero attached hydrogens (tertiary/aromatic N) is 7. The number of carbonyl (C=O) groups excluding carboxylic acids is 2. The summed E-state index contributed by atoms with van der Waals surface area (Å²) in [6, 6.07) is 9.93. The van der Waals surface area contributed by atoms with Crippen LogP contribution in [0.5, 0.6) is 5.75 Å². The van der Waals surface area contributed by atoms with Crippen LogP contribution in [0, 0.1) is 0 Å². The van der Waals surface area contributed by atoms with Gasteiger partial charge in [-0.1, -0.05) is 22.6 Å². The molecule has 0 radical (unpaired) electrons. The minimum absolute atomic E-state index is 0.0268. The number of halogens is 3. The van der Waals surface area contributed by atoms with Crippen molar-refractivity contribution in [3.63, 3.8) is 0 Å². The zero-order chi connectivity index (χ0) is 30.4. The monoisotopic (exact) mass is 597 g/mol. The van der Waals surface area contributed by atoms with E-state index in [1.807, 2.05) is 12.1 Å². The van der Waals surface area contributed by atoms with E-state index in [0.717, 1.165) is 5.69 Å². The number of hydrogen-bond acceptors (Lipinski definition) is 8. The Morgan fingerprint density at radius 3 is 2.44 bits per heavy atom. The molecule has 1 aliphatic carbocycles. The molecule has 1 aliphatic rings. The van der Waals surface area contributed by atoms with E-state index in [-0.39, 0.29) is 49.7 Å². The zero-order valence-corrected chi connectivity index (χ0v) is 23.3. The van der Waals surface area contributed by atoms with Crippen LogP contribution in [-0.4, -0.2) is 59.1 Å². The minimum atomic E-state index is -3.33. The summed E-state index contributed by atoms with van der Waals surface area (Å²) < 4.78 is 48.0. The molecular formula is C28H30F3N9O3. The first-order chi connectivity index (χ1) is 20.6. The van der Waals surface area contributed by atoms with E-state index in [2.05, 4.69) is 41.0 Å². The van der Waals surface area contributed by atoms with Crippen LogP contribution in [0.3, 0.4) is 0 Å². The average molecular weight is 598 g/mol. The summed E-state index contributed by atoms with van der Waals surface area (Å²) in [5, 5.41) is 20.7. The van der Waals surface area contributed by atoms with Crippen LogP contribution >= 0.6 is 0 Å². The van der Waals surface area contributed by atoms with Gasteiger partial charge >= 0.3 is 6.11 Å². The fraction of sp³-hybridized carbons (Fsp3) is 0.393. The molecule has 1 fully saturated rings. The summed E-state index contributed by atoms with van der Waals surface area (Å²) in [7, 11) is 0. The predicted octanol–water partition coefficient (Wildman–Crippen LogP) is 3.42. The number of amides is 2.